The summed E-state index contributed by atoms with van der Waals surface area (Å²) < 4.78 is 1.99. The average molecular weight is 371 g/mol. The van der Waals surface area contributed by atoms with Crippen LogP contribution < -0.4 is 16.0 Å². The number of nitrogens with one attached hydrogen (secondary N) is 3. The molecule has 0 atom stereocenters. The number of aryl methyl sites for hydroxylation is 1. The van der Waals surface area contributed by atoms with Crippen molar-refractivity contribution in [1.29, 1.82) is 0 Å². The minimum absolute atomic E-state index is 0.0310. The van der Waals surface area contributed by atoms with Crippen LogP contribution in [0.2, 0.25) is 0 Å². The topological polar surface area (TPSA) is 88.0 Å². The average Bonchev–Trinajstić information content (AvgIpc) is 3.00. The lowest BCUT2D eigenvalue weighted by atomic mass is 9.96. The number of para-hydroxylation sites is 2. The molecule has 0 radical (unpaired) electrons. The highest BCUT2D eigenvalue weighted by Gasteiger charge is 2.15. The number of nitrogens with zero attached hydrogens (tertiary/aromatic N) is 2. The lowest BCUT2D eigenvalue weighted by molar-refractivity contribution is -0.121. The van der Waals surface area contributed by atoms with E-state index in [0.29, 0.717) is 32.0 Å². The predicted molar refractivity (Wildman–Crippen MR) is 105 cm³/mol. The molecular weight excluding hydrogens is 342 g/mol. The van der Waals surface area contributed by atoms with Gasteiger partial charge in [-0.25, -0.2) is 9.78 Å². The highest BCUT2D eigenvalue weighted by Crippen LogP contribution is 2.17. The van der Waals surface area contributed by atoms with Crippen molar-refractivity contribution in [2.45, 2.75) is 57.5 Å². The Morgan fingerprint density at radius 2 is 1.93 bits per heavy atom. The van der Waals surface area contributed by atoms with Crippen LogP contribution in [-0.4, -0.2) is 34.1 Å². The monoisotopic (exact) mass is 371 g/mol. The minimum Gasteiger partial charge on any atom is -0.349 e. The zero-order valence-corrected chi connectivity index (χ0v) is 16.0. The maximum atomic E-state index is 12.0. The molecule has 0 bridgehead atoms. The van der Waals surface area contributed by atoms with Gasteiger partial charge in [0.2, 0.25) is 5.91 Å². The van der Waals surface area contributed by atoms with E-state index < -0.39 is 0 Å². The fourth-order valence-corrected chi connectivity index (χ4v) is 3.55. The number of amides is 3. The Hall–Kier alpha value is -2.57. The first-order chi connectivity index (χ1) is 13.1. The van der Waals surface area contributed by atoms with Crippen molar-refractivity contribution in [2.75, 3.05) is 6.54 Å². The van der Waals surface area contributed by atoms with Crippen molar-refractivity contribution in [3.63, 3.8) is 0 Å². The Bertz CT molecular complexity index is 780. The minimum atomic E-state index is -0.123. The molecule has 7 heteroatoms. The van der Waals surface area contributed by atoms with Crippen LogP contribution in [0.1, 0.15) is 50.8 Å². The normalized spacial score (nSPS) is 14.9. The van der Waals surface area contributed by atoms with Gasteiger partial charge in [-0.3, -0.25) is 4.79 Å². The van der Waals surface area contributed by atoms with Crippen LogP contribution >= 0.6 is 0 Å². The van der Waals surface area contributed by atoms with E-state index in [0.717, 1.165) is 29.7 Å². The van der Waals surface area contributed by atoms with E-state index in [1.807, 2.05) is 35.9 Å². The number of rotatable bonds is 7. The van der Waals surface area contributed by atoms with Crippen LogP contribution in [-0.2, 0) is 18.4 Å². The Morgan fingerprint density at radius 3 is 2.70 bits per heavy atom. The molecule has 3 rings (SSSR count). The second-order valence-corrected chi connectivity index (χ2v) is 7.19. The van der Waals surface area contributed by atoms with E-state index in [1.54, 1.807) is 0 Å². The molecule has 27 heavy (non-hydrogen) atoms. The molecule has 1 aliphatic carbocycles. The molecule has 3 N–H and O–H groups in total. The summed E-state index contributed by atoms with van der Waals surface area (Å²) in [6.45, 7) is 0.901. The smallest absolute Gasteiger partial charge is 0.315 e. The molecule has 3 amide bonds. The van der Waals surface area contributed by atoms with Gasteiger partial charge in [0.15, 0.2) is 0 Å². The van der Waals surface area contributed by atoms with Crippen molar-refractivity contribution in [2.24, 2.45) is 7.05 Å². The van der Waals surface area contributed by atoms with Gasteiger partial charge in [-0.15, -0.1) is 0 Å². The summed E-state index contributed by atoms with van der Waals surface area (Å²) >= 11 is 0. The fraction of sp³-hybridized carbons (Fsp3) is 0.550. The standard InChI is InChI=1S/C20H29N5O2/c1-25-17-11-6-5-10-16(17)24-18(25)14-22-19(26)12-7-13-21-20(27)23-15-8-3-2-4-9-15/h5-6,10-11,15H,2-4,7-9,12-14H2,1H3,(H,22,26)(H2,21,23,27). The molecule has 146 valence electrons. The van der Waals surface area contributed by atoms with Crippen molar-refractivity contribution in [1.82, 2.24) is 25.5 Å². The van der Waals surface area contributed by atoms with Gasteiger partial charge in [0.05, 0.1) is 17.6 Å². The number of carbonyl (C=O) groups is 2. The maximum Gasteiger partial charge on any atom is 0.315 e. The highest BCUT2D eigenvalue weighted by atomic mass is 16.2. The third kappa shape index (κ3) is 5.45. The Balaban J connectivity index is 1.32. The fourth-order valence-electron chi connectivity index (χ4n) is 3.55. The van der Waals surface area contributed by atoms with E-state index in [-0.39, 0.29) is 11.9 Å². The second kappa shape index (κ2) is 9.39. The zero-order valence-electron chi connectivity index (χ0n) is 16.0. The van der Waals surface area contributed by atoms with Crippen LogP contribution in [0.25, 0.3) is 11.0 Å². The van der Waals surface area contributed by atoms with Crippen LogP contribution in [0.3, 0.4) is 0 Å². The number of hydrogen-bond acceptors (Lipinski definition) is 3. The summed E-state index contributed by atoms with van der Waals surface area (Å²) in [7, 11) is 1.95. The Morgan fingerprint density at radius 1 is 1.15 bits per heavy atom. The summed E-state index contributed by atoms with van der Waals surface area (Å²) in [5.41, 5.74) is 1.98. The van der Waals surface area contributed by atoms with Crippen LogP contribution in [0.15, 0.2) is 24.3 Å². The van der Waals surface area contributed by atoms with E-state index in [9.17, 15) is 9.59 Å². The third-order valence-corrected chi connectivity index (χ3v) is 5.13. The van der Waals surface area contributed by atoms with E-state index >= 15 is 0 Å². The van der Waals surface area contributed by atoms with Gasteiger partial charge in [-0.2, -0.15) is 0 Å². The summed E-state index contributed by atoms with van der Waals surface area (Å²) in [4.78, 5) is 28.4. The molecule has 0 saturated heterocycles. The molecule has 1 aliphatic rings. The van der Waals surface area contributed by atoms with E-state index in [4.69, 9.17) is 0 Å². The molecule has 7 nitrogen and oxygen atoms in total. The molecule has 2 aromatic rings. The lowest BCUT2D eigenvalue weighted by Gasteiger charge is -2.22. The van der Waals surface area contributed by atoms with Gasteiger partial charge in [0.1, 0.15) is 5.82 Å². The van der Waals surface area contributed by atoms with Crippen molar-refractivity contribution < 1.29 is 9.59 Å². The van der Waals surface area contributed by atoms with Gasteiger partial charge in [0, 0.05) is 26.1 Å². The number of benzene rings is 1. The van der Waals surface area contributed by atoms with E-state index in [1.165, 1.54) is 19.3 Å². The number of fused-ring (bicyclic) bond motifs is 1. The molecule has 1 aromatic carbocycles. The van der Waals surface area contributed by atoms with Gasteiger partial charge in [-0.1, -0.05) is 31.4 Å². The van der Waals surface area contributed by atoms with Crippen LogP contribution in [0, 0.1) is 0 Å². The van der Waals surface area contributed by atoms with Gasteiger partial charge < -0.3 is 20.5 Å². The lowest BCUT2D eigenvalue weighted by Crippen LogP contribution is -2.43. The van der Waals surface area contributed by atoms with Crippen LogP contribution in [0.5, 0.6) is 0 Å². The molecular formula is C20H29N5O2. The number of hydrogen-bond donors (Lipinski definition) is 3. The summed E-state index contributed by atoms with van der Waals surface area (Å²) in [6.07, 6.45) is 6.78. The van der Waals surface area contributed by atoms with Crippen molar-refractivity contribution >= 4 is 23.0 Å². The molecule has 0 aliphatic heterocycles. The highest BCUT2D eigenvalue weighted by molar-refractivity contribution is 5.77. The first kappa shape index (κ1) is 19.2. The molecule has 1 heterocycles. The largest absolute Gasteiger partial charge is 0.349 e. The number of imidazole rings is 1. The molecule has 1 saturated carbocycles. The summed E-state index contributed by atoms with van der Waals surface area (Å²) in [6, 6.07) is 8.08. The quantitative estimate of drug-likeness (QED) is 0.654. The Labute approximate surface area is 159 Å². The first-order valence-electron chi connectivity index (χ1n) is 9.85. The van der Waals surface area contributed by atoms with Gasteiger partial charge in [-0.05, 0) is 31.4 Å². The van der Waals surface area contributed by atoms with E-state index in [2.05, 4.69) is 20.9 Å². The van der Waals surface area contributed by atoms with Crippen molar-refractivity contribution in [3.05, 3.63) is 30.1 Å². The van der Waals surface area contributed by atoms with Gasteiger partial charge in [0.25, 0.3) is 0 Å². The molecule has 1 aromatic heterocycles. The second-order valence-electron chi connectivity index (χ2n) is 7.19. The maximum absolute atomic E-state index is 12.0. The molecule has 0 spiro atoms. The summed E-state index contributed by atoms with van der Waals surface area (Å²) in [5.74, 6) is 0.797. The SMILES string of the molecule is Cn1c(CNC(=O)CCCNC(=O)NC2CCCCC2)nc2ccccc21. The molecule has 1 fully saturated rings. The molecule has 0 unspecified atom stereocenters. The number of carbonyl (C=O) groups excluding carboxylic acids is 2. The summed E-state index contributed by atoms with van der Waals surface area (Å²) in [5, 5.41) is 8.75. The van der Waals surface area contributed by atoms with Gasteiger partial charge >= 0.3 is 6.03 Å². The first-order valence-corrected chi connectivity index (χ1v) is 9.85. The van der Waals surface area contributed by atoms with Crippen LogP contribution in [0.4, 0.5) is 4.79 Å². The Kier molecular flexibility index (Phi) is 6.68. The third-order valence-electron chi connectivity index (χ3n) is 5.13. The number of urea groups is 1. The predicted octanol–water partition coefficient (Wildman–Crippen LogP) is 2.60. The van der Waals surface area contributed by atoms with Crippen molar-refractivity contribution in [3.8, 4) is 0 Å². The zero-order chi connectivity index (χ0) is 19.1. The number of aromatic nitrogens is 2.